The first-order valence-electron chi connectivity index (χ1n) is 8.87. The highest BCUT2D eigenvalue weighted by molar-refractivity contribution is 5.90. The van der Waals surface area contributed by atoms with Crippen LogP contribution in [0.1, 0.15) is 17.5 Å². The molecule has 2 atom stereocenters. The van der Waals surface area contributed by atoms with Crippen molar-refractivity contribution in [2.24, 2.45) is 5.73 Å². The highest BCUT2D eigenvalue weighted by Gasteiger charge is 2.26. The topological polar surface area (TPSA) is 108 Å². The van der Waals surface area contributed by atoms with Gasteiger partial charge in [-0.25, -0.2) is 4.79 Å². The number of nitrogens with one attached hydrogen (secondary N) is 1. The van der Waals surface area contributed by atoms with Crippen molar-refractivity contribution in [1.29, 1.82) is 0 Å². The largest absolute Gasteiger partial charge is 1.00 e. The number of hydrogen-bond acceptors (Lipinski definition) is 6. The van der Waals surface area contributed by atoms with Gasteiger partial charge >= 0.3 is 11.9 Å². The van der Waals surface area contributed by atoms with Crippen molar-refractivity contribution in [2.75, 3.05) is 7.11 Å². The van der Waals surface area contributed by atoms with Crippen molar-refractivity contribution in [3.05, 3.63) is 71.8 Å². The van der Waals surface area contributed by atoms with Crippen LogP contribution in [-0.4, -0.2) is 37.0 Å². The lowest BCUT2D eigenvalue weighted by Gasteiger charge is -2.19. The fourth-order valence-electron chi connectivity index (χ4n) is 2.53. The van der Waals surface area contributed by atoms with E-state index in [9.17, 15) is 14.4 Å². The third-order valence-electron chi connectivity index (χ3n) is 4.05. The second-order valence-electron chi connectivity index (χ2n) is 6.23. The molecule has 156 valence electrons. The van der Waals surface area contributed by atoms with Crippen molar-refractivity contribution < 1.29 is 36.3 Å². The summed E-state index contributed by atoms with van der Waals surface area (Å²) in [6, 6.07) is 16.3. The molecule has 8 heteroatoms. The van der Waals surface area contributed by atoms with Crippen LogP contribution < -0.4 is 23.5 Å². The minimum Gasteiger partial charge on any atom is -1.00 e. The van der Waals surface area contributed by atoms with Gasteiger partial charge < -0.3 is 32.9 Å². The minimum absolute atomic E-state index is 0. The van der Waals surface area contributed by atoms with Crippen molar-refractivity contribution in [3.63, 3.8) is 0 Å². The molecule has 7 nitrogen and oxygen atoms in total. The van der Waals surface area contributed by atoms with Gasteiger partial charge in [-0.1, -0.05) is 60.7 Å². The van der Waals surface area contributed by atoms with Crippen LogP contribution in [0.5, 0.6) is 0 Å². The maximum Gasteiger partial charge on any atom is 0.328 e. The molecule has 0 aliphatic heterocycles. The smallest absolute Gasteiger partial charge is 0.328 e. The number of carbonyl (C=O) groups excluding carboxylic acids is 3. The van der Waals surface area contributed by atoms with Crippen molar-refractivity contribution in [3.8, 4) is 0 Å². The molecule has 0 bridgehead atoms. The van der Waals surface area contributed by atoms with E-state index in [1.54, 1.807) is 0 Å². The zero-order valence-corrected chi connectivity index (χ0v) is 16.8. The molecule has 0 radical (unpaired) electrons. The van der Waals surface area contributed by atoms with Gasteiger partial charge in [-0.05, 0) is 11.1 Å². The molecule has 2 unspecified atom stereocenters. The predicted octanol–water partition coefficient (Wildman–Crippen LogP) is -1.65. The summed E-state index contributed by atoms with van der Waals surface area (Å²) in [5.74, 6) is -1.80. The van der Waals surface area contributed by atoms with Crippen LogP contribution in [-0.2, 0) is 36.9 Å². The first-order chi connectivity index (χ1) is 13.5. The minimum atomic E-state index is -1.13. The van der Waals surface area contributed by atoms with Gasteiger partial charge in [-0.15, -0.1) is 0 Å². The number of esters is 2. The molecule has 0 aliphatic rings. The lowest BCUT2D eigenvalue weighted by Crippen LogP contribution is -3.00. The number of benzene rings is 2. The van der Waals surface area contributed by atoms with Gasteiger partial charge in [0.25, 0.3) is 0 Å². The molecular weight excluding hydrogens is 396 g/mol. The number of ether oxygens (including phenoxy) is 2. The zero-order chi connectivity index (χ0) is 20.4. The molecule has 2 aromatic carbocycles. The van der Waals surface area contributed by atoms with Crippen LogP contribution in [0.15, 0.2) is 60.7 Å². The summed E-state index contributed by atoms with van der Waals surface area (Å²) in [5.41, 5.74) is 7.50. The predicted molar refractivity (Wildman–Crippen MR) is 103 cm³/mol. The highest BCUT2D eigenvalue weighted by atomic mass is 35.5. The average Bonchev–Trinajstić information content (AvgIpc) is 2.72. The van der Waals surface area contributed by atoms with Crippen LogP contribution in [0.25, 0.3) is 0 Å². The third-order valence-corrected chi connectivity index (χ3v) is 4.05. The molecule has 0 aromatic heterocycles. The SMILES string of the molecule is COC(=O)C(Cc1ccccc1)NC(=O)C(N)CC(=O)OCc1ccccc1.[Cl-]. The molecule has 0 saturated carbocycles. The number of hydrogen-bond donors (Lipinski definition) is 2. The molecule has 0 aliphatic carbocycles. The van der Waals surface area contributed by atoms with E-state index in [4.69, 9.17) is 15.2 Å². The van der Waals surface area contributed by atoms with E-state index < -0.39 is 29.9 Å². The summed E-state index contributed by atoms with van der Waals surface area (Å²) in [6.07, 6.45) is -0.0394. The quantitative estimate of drug-likeness (QED) is 0.472. The summed E-state index contributed by atoms with van der Waals surface area (Å²) in [4.78, 5) is 36.2. The van der Waals surface area contributed by atoms with Gasteiger partial charge in [0.1, 0.15) is 12.6 Å². The van der Waals surface area contributed by atoms with Crippen LogP contribution in [0, 0.1) is 0 Å². The Kier molecular flexibility index (Phi) is 10.4. The standard InChI is InChI=1S/C21H24N2O5.ClH/c1-27-21(26)18(12-15-8-4-2-5-9-15)23-20(25)17(22)13-19(24)28-14-16-10-6-3-7-11-16;/h2-11,17-18H,12-14,22H2,1H3,(H,23,25);1H/p-1. The normalized spacial score (nSPS) is 12.1. The van der Waals surface area contributed by atoms with Gasteiger partial charge in [0.05, 0.1) is 19.6 Å². The summed E-state index contributed by atoms with van der Waals surface area (Å²) in [6.45, 7) is 0.104. The van der Waals surface area contributed by atoms with Gasteiger partial charge in [0, 0.05) is 6.42 Å². The Balaban J connectivity index is 0.00000420. The average molecular weight is 420 g/mol. The van der Waals surface area contributed by atoms with E-state index >= 15 is 0 Å². The second-order valence-corrected chi connectivity index (χ2v) is 6.23. The molecule has 0 saturated heterocycles. The van der Waals surface area contributed by atoms with Gasteiger partial charge in [0.15, 0.2) is 0 Å². The number of carbonyl (C=O) groups is 3. The summed E-state index contributed by atoms with van der Waals surface area (Å²) in [7, 11) is 1.24. The monoisotopic (exact) mass is 419 g/mol. The van der Waals surface area contributed by atoms with Crippen LogP contribution in [0.3, 0.4) is 0 Å². The van der Waals surface area contributed by atoms with Crippen molar-refractivity contribution >= 4 is 17.8 Å². The van der Waals surface area contributed by atoms with E-state index in [0.717, 1.165) is 11.1 Å². The first-order valence-corrected chi connectivity index (χ1v) is 8.87. The highest BCUT2D eigenvalue weighted by Crippen LogP contribution is 2.06. The van der Waals surface area contributed by atoms with Gasteiger partial charge in [-0.2, -0.15) is 0 Å². The summed E-state index contributed by atoms with van der Waals surface area (Å²) < 4.78 is 9.88. The van der Waals surface area contributed by atoms with E-state index in [0.29, 0.717) is 0 Å². The Morgan fingerprint density at radius 3 is 2.07 bits per heavy atom. The lowest BCUT2D eigenvalue weighted by atomic mass is 10.1. The number of amides is 1. The molecule has 0 heterocycles. The van der Waals surface area contributed by atoms with Gasteiger partial charge in [-0.3, -0.25) is 9.59 Å². The molecule has 0 spiro atoms. The van der Waals surface area contributed by atoms with Crippen LogP contribution in [0.2, 0.25) is 0 Å². The Hall–Kier alpha value is -2.90. The summed E-state index contributed by atoms with van der Waals surface area (Å²) in [5, 5.41) is 2.55. The summed E-state index contributed by atoms with van der Waals surface area (Å²) >= 11 is 0. The number of methoxy groups -OCH3 is 1. The lowest BCUT2D eigenvalue weighted by molar-refractivity contribution is -0.147. The Bertz CT molecular complexity index is 786. The molecule has 3 N–H and O–H groups in total. The number of halogens is 1. The second kappa shape index (κ2) is 12.5. The molecule has 2 aromatic rings. The van der Waals surface area contributed by atoms with Crippen LogP contribution in [0.4, 0.5) is 0 Å². The number of nitrogens with two attached hydrogens (primary N) is 1. The fourth-order valence-corrected chi connectivity index (χ4v) is 2.53. The van der Waals surface area contributed by atoms with E-state index in [-0.39, 0.29) is 31.9 Å². The van der Waals surface area contributed by atoms with E-state index in [1.807, 2.05) is 60.7 Å². The zero-order valence-electron chi connectivity index (χ0n) is 16.0. The Morgan fingerprint density at radius 1 is 0.966 bits per heavy atom. The van der Waals surface area contributed by atoms with E-state index in [2.05, 4.69) is 5.32 Å². The molecule has 29 heavy (non-hydrogen) atoms. The van der Waals surface area contributed by atoms with Gasteiger partial charge in [0.2, 0.25) is 5.91 Å². The van der Waals surface area contributed by atoms with Crippen molar-refractivity contribution in [1.82, 2.24) is 5.32 Å². The fraction of sp³-hybridized carbons (Fsp3) is 0.286. The maximum absolute atomic E-state index is 12.3. The van der Waals surface area contributed by atoms with Crippen LogP contribution >= 0.6 is 0 Å². The van der Waals surface area contributed by atoms with E-state index in [1.165, 1.54) is 7.11 Å². The Morgan fingerprint density at radius 2 is 1.52 bits per heavy atom. The molecule has 2 rings (SSSR count). The third kappa shape index (κ3) is 8.33. The molecular formula is C21H24ClN2O5-. The number of rotatable bonds is 9. The first kappa shape index (κ1) is 24.1. The Labute approximate surface area is 176 Å². The maximum atomic E-state index is 12.3. The molecule has 0 fully saturated rings. The van der Waals surface area contributed by atoms with Crippen molar-refractivity contribution in [2.45, 2.75) is 31.5 Å². The molecule has 1 amide bonds.